The van der Waals surface area contributed by atoms with E-state index in [1.54, 1.807) is 28.0 Å². The summed E-state index contributed by atoms with van der Waals surface area (Å²) < 4.78 is 31.7. The van der Waals surface area contributed by atoms with Crippen LogP contribution in [0.3, 0.4) is 0 Å². The van der Waals surface area contributed by atoms with Gasteiger partial charge in [0.1, 0.15) is 5.60 Å². The van der Waals surface area contributed by atoms with Crippen molar-refractivity contribution in [2.45, 2.75) is 50.7 Å². The number of amides is 2. The Bertz CT molecular complexity index is 987. The molecule has 2 aliphatic heterocycles. The summed E-state index contributed by atoms with van der Waals surface area (Å²) in [5.74, 6) is -0.0685. The van der Waals surface area contributed by atoms with E-state index >= 15 is 0 Å². The Morgan fingerprint density at radius 1 is 1.16 bits per heavy atom. The Balaban J connectivity index is 1.66. The van der Waals surface area contributed by atoms with Crippen molar-refractivity contribution in [3.63, 3.8) is 0 Å². The predicted octanol–water partition coefficient (Wildman–Crippen LogP) is 1.77. The van der Waals surface area contributed by atoms with Crippen LogP contribution in [-0.2, 0) is 26.0 Å². The molecule has 178 valence electrons. The van der Waals surface area contributed by atoms with Gasteiger partial charge in [0.05, 0.1) is 11.4 Å². The van der Waals surface area contributed by atoms with Gasteiger partial charge in [-0.2, -0.15) is 0 Å². The fraction of sp³-hybridized carbons (Fsp3) is 0.636. The third kappa shape index (κ3) is 5.24. The van der Waals surface area contributed by atoms with Gasteiger partial charge >= 0.3 is 6.09 Å². The van der Waals surface area contributed by atoms with Crippen LogP contribution in [0, 0.1) is 0 Å². The number of carbonyl (C=O) groups is 2. The lowest BCUT2D eigenvalue weighted by Gasteiger charge is -2.40. The monoisotopic (exact) mass is 466 g/mol. The van der Waals surface area contributed by atoms with Gasteiger partial charge in [-0.05, 0) is 51.8 Å². The minimum absolute atomic E-state index is 0.0685. The fourth-order valence-corrected chi connectivity index (χ4v) is 4.96. The van der Waals surface area contributed by atoms with E-state index in [9.17, 15) is 18.0 Å². The third-order valence-electron chi connectivity index (χ3n) is 5.73. The van der Waals surface area contributed by atoms with Crippen LogP contribution in [-0.4, -0.2) is 93.0 Å². The average molecular weight is 467 g/mol. The highest BCUT2D eigenvalue weighted by atomic mass is 32.2. The van der Waals surface area contributed by atoms with E-state index in [1.165, 1.54) is 18.4 Å². The molecule has 0 aromatic heterocycles. The summed E-state index contributed by atoms with van der Waals surface area (Å²) in [4.78, 5) is 31.1. The third-order valence-corrected chi connectivity index (χ3v) is 7.54. The highest BCUT2D eigenvalue weighted by Crippen LogP contribution is 2.31. The first kappa shape index (κ1) is 24.5. The maximum atomic E-state index is 13.1. The van der Waals surface area contributed by atoms with Gasteiger partial charge in [0.15, 0.2) is 0 Å². The zero-order valence-electron chi connectivity index (χ0n) is 19.8. The van der Waals surface area contributed by atoms with Crippen LogP contribution in [0.25, 0.3) is 0 Å². The van der Waals surface area contributed by atoms with Gasteiger partial charge in [0.25, 0.3) is 0 Å². The highest BCUT2D eigenvalue weighted by molar-refractivity contribution is 7.89. The van der Waals surface area contributed by atoms with Crippen LogP contribution in [0.4, 0.5) is 10.5 Å². The molecule has 0 aliphatic carbocycles. The maximum Gasteiger partial charge on any atom is 0.410 e. The second-order valence-electron chi connectivity index (χ2n) is 9.63. The molecule has 0 spiro atoms. The normalized spacial score (nSPS) is 19.9. The molecule has 9 nitrogen and oxygen atoms in total. The summed E-state index contributed by atoms with van der Waals surface area (Å²) in [6.45, 7) is 9.86. The molecule has 0 N–H and O–H groups in total. The lowest BCUT2D eigenvalue weighted by atomic mass is 10.1. The standard InChI is InChI=1S/C22H34N4O5S/c1-16-14-24(11-12-25(16)21(28)31-22(2,3)4)15-20(27)26-10-9-17-7-8-18(13-19(17)26)32(29,30)23(5)6/h7-8,13,16H,9-12,14-15H2,1-6H3/t16-/m1/s1. The highest BCUT2D eigenvalue weighted by Gasteiger charge is 2.33. The summed E-state index contributed by atoms with van der Waals surface area (Å²) in [7, 11) is -0.595. The number of benzene rings is 1. The quantitative estimate of drug-likeness (QED) is 0.672. The molecule has 0 radical (unpaired) electrons. The molecule has 1 atom stereocenters. The van der Waals surface area contributed by atoms with Crippen molar-refractivity contribution in [3.05, 3.63) is 23.8 Å². The SMILES string of the molecule is C[C@@H]1CN(CC(=O)N2CCc3ccc(S(=O)(=O)N(C)C)cc32)CCN1C(=O)OC(C)(C)C. The second-order valence-corrected chi connectivity index (χ2v) is 11.8. The molecular weight excluding hydrogens is 432 g/mol. The summed E-state index contributed by atoms with van der Waals surface area (Å²) in [6, 6.07) is 4.91. The molecule has 1 aromatic rings. The minimum atomic E-state index is -3.57. The number of hydrogen-bond acceptors (Lipinski definition) is 6. The number of nitrogens with zero attached hydrogens (tertiary/aromatic N) is 4. The van der Waals surface area contributed by atoms with Crippen LogP contribution >= 0.6 is 0 Å². The average Bonchev–Trinajstić information content (AvgIpc) is 3.09. The van der Waals surface area contributed by atoms with Crippen molar-refractivity contribution in [2.75, 3.05) is 51.7 Å². The van der Waals surface area contributed by atoms with Crippen LogP contribution in [0.2, 0.25) is 0 Å². The van der Waals surface area contributed by atoms with Crippen molar-refractivity contribution < 1.29 is 22.7 Å². The van der Waals surface area contributed by atoms with E-state index in [0.717, 1.165) is 5.56 Å². The predicted molar refractivity (Wildman–Crippen MR) is 122 cm³/mol. The van der Waals surface area contributed by atoms with Crippen LogP contribution in [0.5, 0.6) is 0 Å². The lowest BCUT2D eigenvalue weighted by molar-refractivity contribution is -0.120. The smallest absolute Gasteiger partial charge is 0.410 e. The summed E-state index contributed by atoms with van der Waals surface area (Å²) >= 11 is 0. The van der Waals surface area contributed by atoms with Gasteiger partial charge in [-0.15, -0.1) is 0 Å². The Morgan fingerprint density at radius 3 is 2.44 bits per heavy atom. The first-order valence-corrected chi connectivity index (χ1v) is 12.3. The lowest BCUT2D eigenvalue weighted by Crippen LogP contribution is -2.56. The van der Waals surface area contributed by atoms with E-state index in [1.807, 2.05) is 32.6 Å². The molecule has 32 heavy (non-hydrogen) atoms. The van der Waals surface area contributed by atoms with Crippen molar-refractivity contribution in [3.8, 4) is 0 Å². The van der Waals surface area contributed by atoms with Gasteiger partial charge in [0.2, 0.25) is 15.9 Å². The van der Waals surface area contributed by atoms with Crippen molar-refractivity contribution in [1.82, 2.24) is 14.1 Å². The molecule has 0 unspecified atom stereocenters. The molecule has 0 bridgehead atoms. The van der Waals surface area contributed by atoms with E-state index in [2.05, 4.69) is 0 Å². The van der Waals surface area contributed by atoms with Crippen LogP contribution in [0.1, 0.15) is 33.3 Å². The Morgan fingerprint density at radius 2 is 1.84 bits per heavy atom. The number of piperazine rings is 1. The number of anilines is 1. The number of ether oxygens (including phenoxy) is 1. The topological polar surface area (TPSA) is 90.5 Å². The summed E-state index contributed by atoms with van der Waals surface area (Å²) in [6.07, 6.45) is 0.366. The number of hydrogen-bond donors (Lipinski definition) is 0. The maximum absolute atomic E-state index is 13.1. The molecule has 3 rings (SSSR count). The van der Waals surface area contributed by atoms with Crippen molar-refractivity contribution >= 4 is 27.7 Å². The largest absolute Gasteiger partial charge is 0.444 e. The zero-order valence-corrected chi connectivity index (χ0v) is 20.6. The molecule has 1 saturated heterocycles. The minimum Gasteiger partial charge on any atom is -0.444 e. The van der Waals surface area contributed by atoms with Gasteiger partial charge < -0.3 is 14.5 Å². The number of fused-ring (bicyclic) bond motifs is 1. The molecule has 1 aromatic carbocycles. The summed E-state index contributed by atoms with van der Waals surface area (Å²) in [5, 5.41) is 0. The molecule has 2 aliphatic rings. The fourth-order valence-electron chi connectivity index (χ4n) is 4.03. The first-order valence-electron chi connectivity index (χ1n) is 10.9. The van der Waals surface area contributed by atoms with E-state index in [0.29, 0.717) is 38.3 Å². The number of carbonyl (C=O) groups excluding carboxylic acids is 2. The van der Waals surface area contributed by atoms with E-state index in [-0.39, 0.29) is 29.5 Å². The van der Waals surface area contributed by atoms with E-state index in [4.69, 9.17) is 4.74 Å². The molecular formula is C22H34N4O5S. The summed E-state index contributed by atoms with van der Waals surface area (Å²) in [5.41, 5.74) is 1.09. The Kier molecular flexibility index (Phi) is 6.88. The van der Waals surface area contributed by atoms with E-state index < -0.39 is 15.6 Å². The second kappa shape index (κ2) is 8.99. The van der Waals surface area contributed by atoms with Crippen molar-refractivity contribution in [2.24, 2.45) is 0 Å². The molecule has 0 saturated carbocycles. The van der Waals surface area contributed by atoms with Gasteiger partial charge in [-0.25, -0.2) is 17.5 Å². The Labute approximate surface area is 190 Å². The van der Waals surface area contributed by atoms with Crippen LogP contribution < -0.4 is 4.90 Å². The molecule has 2 amide bonds. The Hall–Kier alpha value is -2.17. The zero-order chi connectivity index (χ0) is 23.8. The number of rotatable bonds is 4. The first-order chi connectivity index (χ1) is 14.8. The van der Waals surface area contributed by atoms with Gasteiger partial charge in [-0.1, -0.05) is 6.07 Å². The molecule has 2 heterocycles. The van der Waals surface area contributed by atoms with Gasteiger partial charge in [0, 0.05) is 52.0 Å². The van der Waals surface area contributed by atoms with Crippen LogP contribution in [0.15, 0.2) is 23.1 Å². The van der Waals surface area contributed by atoms with Crippen molar-refractivity contribution in [1.29, 1.82) is 0 Å². The molecule has 1 fully saturated rings. The van der Waals surface area contributed by atoms with Gasteiger partial charge in [-0.3, -0.25) is 9.69 Å². The number of sulfonamides is 1. The molecule has 10 heteroatoms.